The molecule has 0 N–H and O–H groups in total. The standard InChI is InChI=1S/C17H25NO4/c1-5-21-15-9-7-6-8-14(15)16(19)18-10-13(11-20-4)22-17(2,3)12-18/h6-9,13H,5,10-12H2,1-4H3/t13-/m0/s1. The van der Waals surface area contributed by atoms with Gasteiger partial charge in [0, 0.05) is 20.2 Å². The zero-order valence-electron chi connectivity index (χ0n) is 13.8. The van der Waals surface area contributed by atoms with E-state index in [1.807, 2.05) is 43.9 Å². The van der Waals surface area contributed by atoms with Crippen molar-refractivity contribution in [3.63, 3.8) is 0 Å². The lowest BCUT2D eigenvalue weighted by molar-refractivity contribution is -0.143. The maximum atomic E-state index is 12.9. The van der Waals surface area contributed by atoms with Gasteiger partial charge in [0.15, 0.2) is 0 Å². The van der Waals surface area contributed by atoms with Crippen LogP contribution in [-0.4, -0.2) is 55.9 Å². The molecule has 122 valence electrons. The van der Waals surface area contributed by atoms with Gasteiger partial charge in [0.1, 0.15) is 5.75 Å². The molecule has 1 atom stereocenters. The van der Waals surface area contributed by atoms with Gasteiger partial charge >= 0.3 is 0 Å². The summed E-state index contributed by atoms with van der Waals surface area (Å²) in [6, 6.07) is 7.36. The number of carbonyl (C=O) groups excluding carboxylic acids is 1. The molecular weight excluding hydrogens is 282 g/mol. The number of amides is 1. The molecule has 1 aliphatic rings. The largest absolute Gasteiger partial charge is 0.493 e. The summed E-state index contributed by atoms with van der Waals surface area (Å²) < 4.78 is 16.7. The smallest absolute Gasteiger partial charge is 0.257 e. The Morgan fingerprint density at radius 1 is 1.41 bits per heavy atom. The number of morpholine rings is 1. The van der Waals surface area contributed by atoms with Gasteiger partial charge in [-0.15, -0.1) is 0 Å². The fourth-order valence-electron chi connectivity index (χ4n) is 2.82. The normalized spacial score (nSPS) is 20.7. The van der Waals surface area contributed by atoms with E-state index < -0.39 is 5.60 Å². The third-order valence-electron chi connectivity index (χ3n) is 3.54. The monoisotopic (exact) mass is 307 g/mol. The molecule has 0 saturated carbocycles. The van der Waals surface area contributed by atoms with Crippen molar-refractivity contribution in [3.8, 4) is 5.75 Å². The summed E-state index contributed by atoms with van der Waals surface area (Å²) in [5, 5.41) is 0. The SMILES string of the molecule is CCOc1ccccc1C(=O)N1C[C@@H](COC)OC(C)(C)C1. The molecule has 0 aromatic heterocycles. The summed E-state index contributed by atoms with van der Waals surface area (Å²) in [6.07, 6.45) is -0.114. The van der Waals surface area contributed by atoms with Gasteiger partial charge in [0.05, 0.1) is 30.5 Å². The van der Waals surface area contributed by atoms with Gasteiger partial charge in [-0.1, -0.05) is 12.1 Å². The van der Waals surface area contributed by atoms with Crippen molar-refractivity contribution >= 4 is 5.91 Å². The van der Waals surface area contributed by atoms with Crippen LogP contribution in [0.4, 0.5) is 0 Å². The second kappa shape index (κ2) is 7.11. The van der Waals surface area contributed by atoms with E-state index in [4.69, 9.17) is 14.2 Å². The van der Waals surface area contributed by atoms with Crippen molar-refractivity contribution < 1.29 is 19.0 Å². The molecule has 1 aliphatic heterocycles. The number of carbonyl (C=O) groups is 1. The second-order valence-electron chi connectivity index (χ2n) is 6.07. The predicted molar refractivity (Wildman–Crippen MR) is 84.3 cm³/mol. The van der Waals surface area contributed by atoms with Crippen LogP contribution in [0.2, 0.25) is 0 Å². The Morgan fingerprint density at radius 3 is 2.82 bits per heavy atom. The Labute approximate surface area is 132 Å². The van der Waals surface area contributed by atoms with Crippen molar-refractivity contribution in [2.75, 3.05) is 33.4 Å². The highest BCUT2D eigenvalue weighted by atomic mass is 16.5. The van der Waals surface area contributed by atoms with E-state index in [0.717, 1.165) is 0 Å². The number of para-hydroxylation sites is 1. The highest BCUT2D eigenvalue weighted by molar-refractivity contribution is 5.97. The van der Waals surface area contributed by atoms with Gasteiger partial charge < -0.3 is 19.1 Å². The molecule has 1 aromatic rings. The molecule has 0 radical (unpaired) electrons. The quantitative estimate of drug-likeness (QED) is 0.838. The summed E-state index contributed by atoms with van der Waals surface area (Å²) in [4.78, 5) is 14.7. The fraction of sp³-hybridized carbons (Fsp3) is 0.588. The number of hydrogen-bond acceptors (Lipinski definition) is 4. The topological polar surface area (TPSA) is 48.0 Å². The Hall–Kier alpha value is -1.59. The van der Waals surface area contributed by atoms with Crippen LogP contribution in [0.5, 0.6) is 5.75 Å². The first-order valence-electron chi connectivity index (χ1n) is 7.64. The molecule has 1 heterocycles. The van der Waals surface area contributed by atoms with E-state index in [1.165, 1.54) is 0 Å². The van der Waals surface area contributed by atoms with Crippen molar-refractivity contribution in [1.82, 2.24) is 4.90 Å². The fourth-order valence-corrected chi connectivity index (χ4v) is 2.82. The minimum atomic E-state index is -0.391. The first kappa shape index (κ1) is 16.8. The number of hydrogen-bond donors (Lipinski definition) is 0. The average molecular weight is 307 g/mol. The van der Waals surface area contributed by atoms with Crippen LogP contribution in [0.15, 0.2) is 24.3 Å². The van der Waals surface area contributed by atoms with Crippen LogP contribution in [0.1, 0.15) is 31.1 Å². The molecule has 1 saturated heterocycles. The van der Waals surface area contributed by atoms with Gasteiger partial charge in [0.25, 0.3) is 5.91 Å². The predicted octanol–water partition coefficient (Wildman–Crippen LogP) is 2.35. The summed E-state index contributed by atoms with van der Waals surface area (Å²) >= 11 is 0. The van der Waals surface area contributed by atoms with Gasteiger partial charge in [-0.2, -0.15) is 0 Å². The lowest BCUT2D eigenvalue weighted by atomic mass is 10.0. The Balaban J connectivity index is 2.21. The highest BCUT2D eigenvalue weighted by Gasteiger charge is 2.36. The van der Waals surface area contributed by atoms with Gasteiger partial charge in [-0.3, -0.25) is 4.79 Å². The molecule has 0 bridgehead atoms. The van der Waals surface area contributed by atoms with E-state index in [2.05, 4.69) is 0 Å². The number of rotatable bonds is 5. The van der Waals surface area contributed by atoms with Crippen molar-refractivity contribution in [1.29, 1.82) is 0 Å². The second-order valence-corrected chi connectivity index (χ2v) is 6.07. The van der Waals surface area contributed by atoms with Crippen LogP contribution in [0.25, 0.3) is 0 Å². The minimum absolute atomic E-state index is 0.0264. The van der Waals surface area contributed by atoms with E-state index in [-0.39, 0.29) is 12.0 Å². The molecular formula is C17H25NO4. The van der Waals surface area contributed by atoms with Gasteiger partial charge in [0.2, 0.25) is 0 Å². The zero-order chi connectivity index (χ0) is 16.2. The first-order valence-corrected chi connectivity index (χ1v) is 7.64. The molecule has 0 unspecified atom stereocenters. The van der Waals surface area contributed by atoms with Crippen molar-refractivity contribution in [2.24, 2.45) is 0 Å². The Morgan fingerprint density at radius 2 is 2.14 bits per heavy atom. The van der Waals surface area contributed by atoms with Crippen molar-refractivity contribution in [2.45, 2.75) is 32.5 Å². The number of benzene rings is 1. The molecule has 5 nitrogen and oxygen atoms in total. The molecule has 0 spiro atoms. The summed E-state index contributed by atoms with van der Waals surface area (Å²) in [6.45, 7) is 7.97. The maximum Gasteiger partial charge on any atom is 0.257 e. The summed E-state index contributed by atoms with van der Waals surface area (Å²) in [5.41, 5.74) is 0.204. The number of nitrogens with zero attached hydrogens (tertiary/aromatic N) is 1. The Kier molecular flexibility index (Phi) is 5.42. The molecule has 1 aromatic carbocycles. The third kappa shape index (κ3) is 3.99. The summed E-state index contributed by atoms with van der Waals surface area (Å²) in [5.74, 6) is 0.601. The third-order valence-corrected chi connectivity index (χ3v) is 3.54. The van der Waals surface area contributed by atoms with E-state index in [9.17, 15) is 4.79 Å². The van der Waals surface area contributed by atoms with E-state index in [1.54, 1.807) is 13.2 Å². The van der Waals surface area contributed by atoms with Gasteiger partial charge in [-0.25, -0.2) is 0 Å². The lowest BCUT2D eigenvalue weighted by Gasteiger charge is -2.42. The average Bonchev–Trinajstić information content (AvgIpc) is 2.46. The van der Waals surface area contributed by atoms with Crippen molar-refractivity contribution in [3.05, 3.63) is 29.8 Å². The minimum Gasteiger partial charge on any atom is -0.493 e. The molecule has 2 rings (SSSR count). The number of methoxy groups -OCH3 is 1. The van der Waals surface area contributed by atoms with Crippen LogP contribution in [0.3, 0.4) is 0 Å². The zero-order valence-corrected chi connectivity index (χ0v) is 13.8. The molecule has 0 aliphatic carbocycles. The van der Waals surface area contributed by atoms with Crippen LogP contribution in [0, 0.1) is 0 Å². The molecule has 22 heavy (non-hydrogen) atoms. The van der Waals surface area contributed by atoms with Crippen LogP contribution in [-0.2, 0) is 9.47 Å². The lowest BCUT2D eigenvalue weighted by Crippen LogP contribution is -2.55. The number of ether oxygens (including phenoxy) is 3. The van der Waals surface area contributed by atoms with Crippen LogP contribution < -0.4 is 4.74 Å². The highest BCUT2D eigenvalue weighted by Crippen LogP contribution is 2.26. The molecule has 1 fully saturated rings. The molecule has 5 heteroatoms. The van der Waals surface area contributed by atoms with E-state index in [0.29, 0.717) is 37.6 Å². The first-order chi connectivity index (χ1) is 10.5. The maximum absolute atomic E-state index is 12.9. The summed E-state index contributed by atoms with van der Waals surface area (Å²) in [7, 11) is 1.64. The Bertz CT molecular complexity index is 515. The van der Waals surface area contributed by atoms with Gasteiger partial charge in [-0.05, 0) is 32.9 Å². The van der Waals surface area contributed by atoms with E-state index >= 15 is 0 Å². The van der Waals surface area contributed by atoms with Crippen LogP contribution >= 0.6 is 0 Å². The molecule has 1 amide bonds.